The number of benzene rings is 1. The van der Waals surface area contributed by atoms with Gasteiger partial charge >= 0.3 is 0 Å². The minimum atomic E-state index is -0.299. The second kappa shape index (κ2) is 7.88. The Hall–Kier alpha value is -1.35. The van der Waals surface area contributed by atoms with Crippen LogP contribution in [0.15, 0.2) is 30.4 Å². The number of halogens is 1. The molecular formula is C15H22FNO. The fraction of sp³-hybridized carbons (Fsp3) is 0.467. The van der Waals surface area contributed by atoms with Crippen LogP contribution in [-0.2, 0) is 6.54 Å². The molecular weight excluding hydrogens is 229 g/mol. The molecule has 0 aliphatic heterocycles. The molecule has 2 nitrogen and oxygen atoms in total. The van der Waals surface area contributed by atoms with Crippen molar-refractivity contribution in [2.24, 2.45) is 0 Å². The smallest absolute Gasteiger partial charge is 0.165 e. The normalized spacial score (nSPS) is 10.4. The summed E-state index contributed by atoms with van der Waals surface area (Å²) < 4.78 is 19.1. The van der Waals surface area contributed by atoms with E-state index in [1.54, 1.807) is 6.07 Å². The average Bonchev–Trinajstić information content (AvgIpc) is 2.32. The Labute approximate surface area is 109 Å². The molecule has 0 bridgehead atoms. The second-order valence-electron chi connectivity index (χ2n) is 4.50. The van der Waals surface area contributed by atoms with Crippen LogP contribution in [-0.4, -0.2) is 13.2 Å². The summed E-state index contributed by atoms with van der Waals surface area (Å²) in [6.45, 7) is 9.92. The fourth-order valence-electron chi connectivity index (χ4n) is 1.52. The molecule has 0 radical (unpaired) electrons. The molecule has 0 amide bonds. The lowest BCUT2D eigenvalue weighted by molar-refractivity contribution is 0.305. The molecule has 1 rings (SSSR count). The van der Waals surface area contributed by atoms with Crippen LogP contribution < -0.4 is 10.1 Å². The maximum Gasteiger partial charge on any atom is 0.165 e. The molecule has 0 aliphatic rings. The third-order valence-electron chi connectivity index (χ3n) is 2.54. The lowest BCUT2D eigenvalue weighted by Crippen LogP contribution is -2.13. The third-order valence-corrected chi connectivity index (χ3v) is 2.54. The summed E-state index contributed by atoms with van der Waals surface area (Å²) in [5.74, 6) is 0.0167. The van der Waals surface area contributed by atoms with Crippen molar-refractivity contribution in [3.05, 3.63) is 41.7 Å². The highest BCUT2D eigenvalue weighted by molar-refractivity contribution is 5.29. The molecule has 100 valence electrons. The van der Waals surface area contributed by atoms with Crippen molar-refractivity contribution in [3.8, 4) is 5.75 Å². The van der Waals surface area contributed by atoms with E-state index in [1.807, 2.05) is 13.0 Å². The molecule has 3 heteroatoms. The van der Waals surface area contributed by atoms with Gasteiger partial charge in [-0.15, -0.1) is 6.58 Å². The Bertz CT molecular complexity index is 390. The molecule has 0 unspecified atom stereocenters. The number of hydrogen-bond donors (Lipinski definition) is 1. The highest BCUT2D eigenvalue weighted by Crippen LogP contribution is 2.18. The van der Waals surface area contributed by atoms with Gasteiger partial charge in [-0.1, -0.05) is 18.6 Å². The SMILES string of the molecule is C=C(C)CCOc1ccc(CNCCC)cc1F. The quantitative estimate of drug-likeness (QED) is 0.562. The minimum Gasteiger partial charge on any atom is -0.490 e. The number of rotatable bonds is 8. The Kier molecular flexibility index (Phi) is 6.44. The van der Waals surface area contributed by atoms with E-state index in [2.05, 4.69) is 18.8 Å². The molecule has 0 fully saturated rings. The number of hydrogen-bond acceptors (Lipinski definition) is 2. The van der Waals surface area contributed by atoms with Gasteiger partial charge in [0.1, 0.15) is 0 Å². The molecule has 0 aliphatic carbocycles. The average molecular weight is 251 g/mol. The van der Waals surface area contributed by atoms with Gasteiger partial charge in [0.05, 0.1) is 6.61 Å². The lowest BCUT2D eigenvalue weighted by atomic mass is 10.2. The number of nitrogens with one attached hydrogen (secondary N) is 1. The predicted octanol–water partition coefficient (Wildman–Crippen LogP) is 3.67. The predicted molar refractivity (Wildman–Crippen MR) is 73.3 cm³/mol. The topological polar surface area (TPSA) is 21.3 Å². The van der Waals surface area contributed by atoms with Crippen molar-refractivity contribution < 1.29 is 9.13 Å². The van der Waals surface area contributed by atoms with Crippen LogP contribution in [0, 0.1) is 5.82 Å². The van der Waals surface area contributed by atoms with E-state index in [-0.39, 0.29) is 5.82 Å². The summed E-state index contributed by atoms with van der Waals surface area (Å²) >= 11 is 0. The largest absolute Gasteiger partial charge is 0.490 e. The molecule has 0 atom stereocenters. The van der Waals surface area contributed by atoms with E-state index in [4.69, 9.17) is 4.74 Å². The maximum atomic E-state index is 13.7. The van der Waals surface area contributed by atoms with Gasteiger partial charge < -0.3 is 10.1 Å². The molecule has 0 spiro atoms. The van der Waals surface area contributed by atoms with Crippen LogP contribution in [0.4, 0.5) is 4.39 Å². The van der Waals surface area contributed by atoms with Crippen LogP contribution in [0.25, 0.3) is 0 Å². The van der Waals surface area contributed by atoms with Crippen molar-refractivity contribution in [3.63, 3.8) is 0 Å². The summed E-state index contributed by atoms with van der Waals surface area (Å²) in [5.41, 5.74) is 1.98. The monoisotopic (exact) mass is 251 g/mol. The van der Waals surface area contributed by atoms with Crippen LogP contribution >= 0.6 is 0 Å². The van der Waals surface area contributed by atoms with Gasteiger partial charge in [-0.3, -0.25) is 0 Å². The molecule has 0 saturated carbocycles. The number of ether oxygens (including phenoxy) is 1. The van der Waals surface area contributed by atoms with Crippen LogP contribution in [0.1, 0.15) is 32.3 Å². The van der Waals surface area contributed by atoms with Crippen molar-refractivity contribution in [1.82, 2.24) is 5.32 Å². The Morgan fingerprint density at radius 1 is 1.44 bits per heavy atom. The highest BCUT2D eigenvalue weighted by Gasteiger charge is 2.04. The van der Waals surface area contributed by atoms with Crippen molar-refractivity contribution in [1.29, 1.82) is 0 Å². The molecule has 18 heavy (non-hydrogen) atoms. The molecule has 1 aromatic rings. The van der Waals surface area contributed by atoms with Crippen molar-refractivity contribution in [2.75, 3.05) is 13.2 Å². The molecule has 0 saturated heterocycles. The van der Waals surface area contributed by atoms with Gasteiger partial charge in [0, 0.05) is 13.0 Å². The Balaban J connectivity index is 2.48. The van der Waals surface area contributed by atoms with Crippen LogP contribution in [0.5, 0.6) is 5.75 Å². The molecule has 1 aromatic carbocycles. The van der Waals surface area contributed by atoms with Crippen LogP contribution in [0.3, 0.4) is 0 Å². The first-order chi connectivity index (χ1) is 8.63. The summed E-state index contributed by atoms with van der Waals surface area (Å²) in [6, 6.07) is 5.11. The van der Waals surface area contributed by atoms with Gasteiger partial charge in [0.25, 0.3) is 0 Å². The van der Waals surface area contributed by atoms with Crippen molar-refractivity contribution >= 4 is 0 Å². The van der Waals surface area contributed by atoms with E-state index < -0.39 is 0 Å². The Morgan fingerprint density at radius 2 is 2.22 bits per heavy atom. The lowest BCUT2D eigenvalue weighted by Gasteiger charge is -2.09. The van der Waals surface area contributed by atoms with E-state index in [1.165, 1.54) is 6.07 Å². The third kappa shape index (κ3) is 5.32. The van der Waals surface area contributed by atoms with E-state index in [0.717, 1.165) is 30.5 Å². The second-order valence-corrected chi connectivity index (χ2v) is 4.50. The zero-order chi connectivity index (χ0) is 13.4. The standard InChI is InChI=1S/C15H22FNO/c1-4-8-17-11-13-5-6-15(14(16)10-13)18-9-7-12(2)3/h5-6,10,17H,2,4,7-9,11H2,1,3H3. The first-order valence-corrected chi connectivity index (χ1v) is 6.39. The zero-order valence-corrected chi connectivity index (χ0v) is 11.3. The van der Waals surface area contributed by atoms with E-state index in [0.29, 0.717) is 18.9 Å². The van der Waals surface area contributed by atoms with Crippen molar-refractivity contribution in [2.45, 2.75) is 33.2 Å². The summed E-state index contributed by atoms with van der Waals surface area (Å²) in [6.07, 6.45) is 1.82. The summed E-state index contributed by atoms with van der Waals surface area (Å²) in [4.78, 5) is 0. The fourth-order valence-corrected chi connectivity index (χ4v) is 1.52. The molecule has 0 heterocycles. The molecule has 1 N–H and O–H groups in total. The maximum absolute atomic E-state index is 13.7. The van der Waals surface area contributed by atoms with E-state index in [9.17, 15) is 4.39 Å². The first-order valence-electron chi connectivity index (χ1n) is 6.39. The van der Waals surface area contributed by atoms with Crippen LogP contribution in [0.2, 0.25) is 0 Å². The van der Waals surface area contributed by atoms with Gasteiger partial charge in [-0.25, -0.2) is 4.39 Å². The first kappa shape index (κ1) is 14.7. The minimum absolute atomic E-state index is 0.299. The van der Waals surface area contributed by atoms with Gasteiger partial charge in [0.2, 0.25) is 0 Å². The van der Waals surface area contributed by atoms with Gasteiger partial charge in [0.15, 0.2) is 11.6 Å². The molecule has 0 aromatic heterocycles. The van der Waals surface area contributed by atoms with E-state index >= 15 is 0 Å². The van der Waals surface area contributed by atoms with Gasteiger partial charge in [-0.2, -0.15) is 0 Å². The zero-order valence-electron chi connectivity index (χ0n) is 11.3. The summed E-state index contributed by atoms with van der Waals surface area (Å²) in [5, 5.41) is 3.24. The summed E-state index contributed by atoms with van der Waals surface area (Å²) in [7, 11) is 0. The highest BCUT2D eigenvalue weighted by atomic mass is 19.1. The van der Waals surface area contributed by atoms with Gasteiger partial charge in [-0.05, 0) is 37.6 Å². The Morgan fingerprint density at radius 3 is 2.83 bits per heavy atom.